The molecule has 0 aliphatic rings. The van der Waals surface area contributed by atoms with Gasteiger partial charge in [-0.1, -0.05) is 16.6 Å². The average molecular weight is 267 g/mol. The predicted octanol–water partition coefficient (Wildman–Crippen LogP) is 1.31. The minimum absolute atomic E-state index is 0.0564. The third-order valence-corrected chi connectivity index (χ3v) is 2.81. The fraction of sp³-hybridized carbons (Fsp3) is 0.111. The molecule has 3 N–H and O–H groups in total. The molecule has 0 spiro atoms. The second-order valence-electron chi connectivity index (χ2n) is 3.21. The quantitative estimate of drug-likeness (QED) is 0.476. The molecule has 0 aliphatic heterocycles. The second kappa shape index (κ2) is 5.38. The summed E-state index contributed by atoms with van der Waals surface area (Å²) in [5.74, 6) is 5.44. The molecule has 1 aromatic heterocycles. The fourth-order valence-corrected chi connectivity index (χ4v) is 1.77. The van der Waals surface area contributed by atoms with Crippen LogP contribution in [0.15, 0.2) is 24.3 Å². The monoisotopic (exact) mass is 267 g/mol. The van der Waals surface area contributed by atoms with Gasteiger partial charge in [0.2, 0.25) is 0 Å². The lowest BCUT2D eigenvalue weighted by molar-refractivity contribution is -0.385. The van der Waals surface area contributed by atoms with Gasteiger partial charge in [0.1, 0.15) is 12.3 Å². The number of rotatable bonds is 5. The van der Waals surface area contributed by atoms with Gasteiger partial charge in [-0.3, -0.25) is 10.1 Å². The van der Waals surface area contributed by atoms with E-state index < -0.39 is 4.92 Å². The molecule has 0 saturated heterocycles. The number of nitro benzene ring substituents is 1. The van der Waals surface area contributed by atoms with Crippen molar-refractivity contribution in [2.45, 2.75) is 6.61 Å². The highest BCUT2D eigenvalue weighted by Crippen LogP contribution is 2.27. The summed E-state index contributed by atoms with van der Waals surface area (Å²) in [5.41, 5.74) is 2.83. The molecule has 0 atom stereocenters. The Kier molecular flexibility index (Phi) is 3.65. The number of para-hydroxylation sites is 2. The number of ether oxygens (including phenoxy) is 1. The summed E-state index contributed by atoms with van der Waals surface area (Å²) in [7, 11) is 0. The van der Waals surface area contributed by atoms with Gasteiger partial charge in [-0.05, 0) is 6.07 Å². The van der Waals surface area contributed by atoms with Crippen LogP contribution in [0.2, 0.25) is 0 Å². The minimum Gasteiger partial charge on any atom is -0.480 e. The van der Waals surface area contributed by atoms with Crippen molar-refractivity contribution in [2.24, 2.45) is 5.84 Å². The molecule has 2 rings (SSSR count). The number of anilines is 1. The minimum atomic E-state index is -0.503. The lowest BCUT2D eigenvalue weighted by atomic mass is 10.3. The van der Waals surface area contributed by atoms with Gasteiger partial charge in [-0.15, -0.1) is 5.10 Å². The van der Waals surface area contributed by atoms with Crippen LogP contribution in [-0.2, 0) is 6.61 Å². The topological polar surface area (TPSA) is 116 Å². The zero-order chi connectivity index (χ0) is 13.0. The summed E-state index contributed by atoms with van der Waals surface area (Å²) >= 11 is 1.08. The Morgan fingerprint density at radius 1 is 1.50 bits per heavy atom. The molecule has 0 unspecified atom stereocenters. The van der Waals surface area contributed by atoms with Crippen molar-refractivity contribution in [1.29, 1.82) is 0 Å². The molecule has 0 radical (unpaired) electrons. The molecule has 0 bridgehead atoms. The van der Waals surface area contributed by atoms with E-state index in [1.807, 2.05) is 0 Å². The molecule has 0 aliphatic carbocycles. The van der Waals surface area contributed by atoms with Gasteiger partial charge in [-0.25, -0.2) is 5.84 Å². The first-order chi connectivity index (χ1) is 8.72. The van der Waals surface area contributed by atoms with E-state index in [0.29, 0.717) is 10.7 Å². The number of nitrogen functional groups attached to an aromatic ring is 1. The number of nitrogens with two attached hydrogens (primary N) is 1. The molecule has 2 aromatic rings. The van der Waals surface area contributed by atoms with Crippen molar-refractivity contribution >= 4 is 22.2 Å². The highest BCUT2D eigenvalue weighted by atomic mass is 32.1. The van der Waals surface area contributed by atoms with E-state index in [1.165, 1.54) is 12.1 Å². The van der Waals surface area contributed by atoms with Crippen molar-refractivity contribution in [3.05, 3.63) is 40.1 Å². The van der Waals surface area contributed by atoms with Crippen LogP contribution in [0.5, 0.6) is 5.75 Å². The smallest absolute Gasteiger partial charge is 0.310 e. The van der Waals surface area contributed by atoms with E-state index in [4.69, 9.17) is 10.6 Å². The lowest BCUT2D eigenvalue weighted by Crippen LogP contribution is -2.09. The average Bonchev–Trinajstić information content (AvgIpc) is 2.84. The molecule has 0 fully saturated rings. The number of hydrazine groups is 1. The predicted molar refractivity (Wildman–Crippen MR) is 65.1 cm³/mol. The molecule has 0 amide bonds. The van der Waals surface area contributed by atoms with Crippen molar-refractivity contribution in [3.8, 4) is 5.75 Å². The van der Waals surface area contributed by atoms with Gasteiger partial charge >= 0.3 is 5.69 Å². The van der Waals surface area contributed by atoms with Gasteiger partial charge in [0, 0.05) is 17.6 Å². The van der Waals surface area contributed by atoms with Gasteiger partial charge in [0.05, 0.1) is 4.92 Å². The van der Waals surface area contributed by atoms with Gasteiger partial charge < -0.3 is 10.2 Å². The maximum absolute atomic E-state index is 10.8. The Labute approximate surface area is 106 Å². The number of hydrogen-bond donors (Lipinski definition) is 2. The lowest BCUT2D eigenvalue weighted by Gasteiger charge is -2.05. The first-order valence-corrected chi connectivity index (χ1v) is 5.63. The van der Waals surface area contributed by atoms with Crippen LogP contribution in [0, 0.1) is 10.1 Å². The van der Waals surface area contributed by atoms with Crippen LogP contribution < -0.4 is 16.0 Å². The summed E-state index contributed by atoms with van der Waals surface area (Å²) in [6.07, 6.45) is 0. The van der Waals surface area contributed by atoms with Crippen molar-refractivity contribution in [2.75, 3.05) is 5.43 Å². The largest absolute Gasteiger partial charge is 0.480 e. The summed E-state index contributed by atoms with van der Waals surface area (Å²) < 4.78 is 9.05. The van der Waals surface area contributed by atoms with Crippen molar-refractivity contribution in [1.82, 2.24) is 9.59 Å². The van der Waals surface area contributed by atoms with E-state index in [0.717, 1.165) is 11.5 Å². The maximum atomic E-state index is 10.8. The van der Waals surface area contributed by atoms with Crippen LogP contribution in [0.4, 0.5) is 10.7 Å². The Balaban J connectivity index is 2.13. The van der Waals surface area contributed by atoms with Gasteiger partial charge in [0.15, 0.2) is 10.8 Å². The normalized spacial score (nSPS) is 10.1. The van der Waals surface area contributed by atoms with Crippen molar-refractivity contribution in [3.63, 3.8) is 0 Å². The van der Waals surface area contributed by atoms with E-state index in [1.54, 1.807) is 12.1 Å². The van der Waals surface area contributed by atoms with E-state index in [-0.39, 0.29) is 18.0 Å². The van der Waals surface area contributed by atoms with Crippen molar-refractivity contribution < 1.29 is 9.66 Å². The number of nitrogens with one attached hydrogen (secondary N) is 1. The molecule has 0 saturated carbocycles. The van der Waals surface area contributed by atoms with Crippen LogP contribution in [0.3, 0.4) is 0 Å². The SMILES string of the molecule is NNc1snnc1COc1ccccc1[N+](=O)[O-]. The molecular weight excluding hydrogens is 258 g/mol. The highest BCUT2D eigenvalue weighted by Gasteiger charge is 2.15. The second-order valence-corrected chi connectivity index (χ2v) is 3.96. The zero-order valence-corrected chi connectivity index (χ0v) is 9.88. The first kappa shape index (κ1) is 12.2. The summed E-state index contributed by atoms with van der Waals surface area (Å²) in [6.45, 7) is 0.0564. The molecule has 94 valence electrons. The third kappa shape index (κ3) is 2.52. The number of nitro groups is 1. The van der Waals surface area contributed by atoms with E-state index in [2.05, 4.69) is 15.0 Å². The Hall–Kier alpha value is -2.26. The standard InChI is InChI=1S/C9H9N5O3S/c10-11-9-6(12-13-18-9)5-17-8-4-2-1-3-7(8)14(15)16/h1-4,11H,5,10H2. The first-order valence-electron chi connectivity index (χ1n) is 4.86. The summed E-state index contributed by atoms with van der Waals surface area (Å²) in [4.78, 5) is 10.3. The molecule has 8 nitrogen and oxygen atoms in total. The van der Waals surface area contributed by atoms with Crippen LogP contribution in [0.1, 0.15) is 5.69 Å². The summed E-state index contributed by atoms with van der Waals surface area (Å²) in [6, 6.07) is 6.12. The number of benzene rings is 1. The van der Waals surface area contributed by atoms with E-state index in [9.17, 15) is 10.1 Å². The molecule has 9 heteroatoms. The van der Waals surface area contributed by atoms with E-state index >= 15 is 0 Å². The third-order valence-electron chi connectivity index (χ3n) is 2.11. The van der Waals surface area contributed by atoms with Crippen LogP contribution in [0.25, 0.3) is 0 Å². The molecule has 1 aromatic carbocycles. The fourth-order valence-electron chi connectivity index (χ4n) is 1.29. The Morgan fingerprint density at radius 2 is 2.28 bits per heavy atom. The number of nitrogens with zero attached hydrogens (tertiary/aromatic N) is 3. The molecule has 18 heavy (non-hydrogen) atoms. The maximum Gasteiger partial charge on any atom is 0.310 e. The number of aromatic nitrogens is 2. The van der Waals surface area contributed by atoms with Crippen LogP contribution in [-0.4, -0.2) is 14.5 Å². The summed E-state index contributed by atoms with van der Waals surface area (Å²) in [5, 5.41) is 15.1. The Bertz CT molecular complexity index is 559. The highest BCUT2D eigenvalue weighted by molar-refractivity contribution is 7.10. The van der Waals surface area contributed by atoms with Crippen LogP contribution >= 0.6 is 11.5 Å². The zero-order valence-electron chi connectivity index (χ0n) is 9.07. The van der Waals surface area contributed by atoms with Gasteiger partial charge in [0.25, 0.3) is 0 Å². The van der Waals surface area contributed by atoms with Gasteiger partial charge in [-0.2, -0.15) is 0 Å². The number of hydrogen-bond acceptors (Lipinski definition) is 8. The molecular formula is C9H9N5O3S. The molecule has 1 heterocycles. The Morgan fingerprint density at radius 3 is 3.00 bits per heavy atom.